The van der Waals surface area contributed by atoms with Gasteiger partial charge in [0.25, 0.3) is 0 Å². The van der Waals surface area contributed by atoms with E-state index in [0.717, 1.165) is 29.4 Å². The topological polar surface area (TPSA) is 46.5 Å². The fourth-order valence-electron chi connectivity index (χ4n) is 3.09. The quantitative estimate of drug-likeness (QED) is 0.648. The zero-order valence-electron chi connectivity index (χ0n) is 13.9. The van der Waals surface area contributed by atoms with Crippen LogP contribution in [-0.4, -0.2) is 55.5 Å². The number of nitrogens with zero attached hydrogens (tertiary/aromatic N) is 1. The maximum Gasteiger partial charge on any atom is 0.316 e. The van der Waals surface area contributed by atoms with E-state index in [1.54, 1.807) is 0 Å². The SMILES string of the molecule is C[N+](C)(C)CCOC(=O)[C@@H](c1ccccc1)C1(O)CCCC1. The van der Waals surface area contributed by atoms with Gasteiger partial charge >= 0.3 is 5.97 Å². The van der Waals surface area contributed by atoms with Gasteiger partial charge in [-0.2, -0.15) is 0 Å². The van der Waals surface area contributed by atoms with Gasteiger partial charge in [0.15, 0.2) is 0 Å². The second kappa shape index (κ2) is 6.80. The van der Waals surface area contributed by atoms with Crippen molar-refractivity contribution in [2.45, 2.75) is 37.2 Å². The van der Waals surface area contributed by atoms with Crippen molar-refractivity contribution in [3.8, 4) is 0 Å². The van der Waals surface area contributed by atoms with Crippen LogP contribution in [0, 0.1) is 0 Å². The van der Waals surface area contributed by atoms with Gasteiger partial charge in [0.1, 0.15) is 19.1 Å². The molecule has 1 aromatic rings. The van der Waals surface area contributed by atoms with E-state index in [1.165, 1.54) is 0 Å². The van der Waals surface area contributed by atoms with Gasteiger partial charge in [-0.3, -0.25) is 4.79 Å². The Balaban J connectivity index is 2.13. The fraction of sp³-hybridized carbons (Fsp3) is 0.611. The van der Waals surface area contributed by atoms with E-state index < -0.39 is 11.5 Å². The number of hydrogen-bond acceptors (Lipinski definition) is 3. The Hall–Kier alpha value is -1.39. The molecule has 0 saturated heterocycles. The molecule has 1 saturated carbocycles. The van der Waals surface area contributed by atoms with Crippen LogP contribution < -0.4 is 0 Å². The molecule has 4 nitrogen and oxygen atoms in total. The summed E-state index contributed by atoms with van der Waals surface area (Å²) in [6, 6.07) is 9.53. The molecule has 22 heavy (non-hydrogen) atoms. The monoisotopic (exact) mass is 306 g/mol. The zero-order valence-corrected chi connectivity index (χ0v) is 13.9. The highest BCUT2D eigenvalue weighted by atomic mass is 16.5. The Morgan fingerprint density at radius 1 is 1.23 bits per heavy atom. The molecule has 0 unspecified atom stereocenters. The minimum absolute atomic E-state index is 0.302. The number of esters is 1. The number of benzene rings is 1. The summed E-state index contributed by atoms with van der Waals surface area (Å²) in [6.07, 6.45) is 3.26. The lowest BCUT2D eigenvalue weighted by molar-refractivity contribution is -0.870. The second-order valence-electron chi connectivity index (χ2n) is 7.34. The van der Waals surface area contributed by atoms with Crippen LogP contribution in [0.25, 0.3) is 0 Å². The first-order valence-corrected chi connectivity index (χ1v) is 8.06. The highest BCUT2D eigenvalue weighted by molar-refractivity contribution is 5.80. The van der Waals surface area contributed by atoms with E-state index in [0.29, 0.717) is 19.4 Å². The number of rotatable bonds is 6. The van der Waals surface area contributed by atoms with Crippen LogP contribution in [-0.2, 0) is 9.53 Å². The van der Waals surface area contributed by atoms with Gasteiger partial charge in [-0.25, -0.2) is 0 Å². The molecule has 1 aliphatic carbocycles. The van der Waals surface area contributed by atoms with Crippen LogP contribution in [0.5, 0.6) is 0 Å². The molecule has 1 fully saturated rings. The second-order valence-corrected chi connectivity index (χ2v) is 7.34. The molecule has 0 radical (unpaired) electrons. The Bertz CT molecular complexity index is 487. The molecule has 0 bridgehead atoms. The van der Waals surface area contributed by atoms with Crippen LogP contribution in [0.15, 0.2) is 30.3 Å². The summed E-state index contributed by atoms with van der Waals surface area (Å²) in [5, 5.41) is 10.9. The van der Waals surface area contributed by atoms with E-state index in [2.05, 4.69) is 21.1 Å². The van der Waals surface area contributed by atoms with Gasteiger partial charge in [0.05, 0.1) is 26.7 Å². The number of carbonyl (C=O) groups is 1. The summed E-state index contributed by atoms with van der Waals surface area (Å²) >= 11 is 0. The van der Waals surface area contributed by atoms with Gasteiger partial charge in [-0.1, -0.05) is 43.2 Å². The first-order valence-electron chi connectivity index (χ1n) is 8.06. The molecule has 0 aromatic heterocycles. The number of carbonyl (C=O) groups excluding carboxylic acids is 1. The van der Waals surface area contributed by atoms with Crippen molar-refractivity contribution in [2.75, 3.05) is 34.3 Å². The molecule has 0 amide bonds. The molecule has 0 spiro atoms. The summed E-state index contributed by atoms with van der Waals surface area (Å²) in [5.41, 5.74) is -0.114. The van der Waals surface area contributed by atoms with Gasteiger partial charge < -0.3 is 14.3 Å². The number of likely N-dealkylation sites (N-methyl/N-ethyl adjacent to an activating group) is 1. The van der Waals surface area contributed by atoms with Gasteiger partial charge in [0, 0.05) is 0 Å². The maximum atomic E-state index is 12.6. The van der Waals surface area contributed by atoms with E-state index in [-0.39, 0.29) is 5.97 Å². The van der Waals surface area contributed by atoms with Crippen LogP contribution in [0.1, 0.15) is 37.2 Å². The van der Waals surface area contributed by atoms with Crippen molar-refractivity contribution >= 4 is 5.97 Å². The van der Waals surface area contributed by atoms with Crippen LogP contribution in [0.3, 0.4) is 0 Å². The summed E-state index contributed by atoms with van der Waals surface area (Å²) in [5.74, 6) is -0.882. The summed E-state index contributed by atoms with van der Waals surface area (Å²) in [7, 11) is 6.19. The molecule has 0 heterocycles. The molecule has 1 aliphatic rings. The lowest BCUT2D eigenvalue weighted by Crippen LogP contribution is -2.41. The average molecular weight is 306 g/mol. The Morgan fingerprint density at radius 3 is 2.36 bits per heavy atom. The normalized spacial score (nSPS) is 18.9. The van der Waals surface area contributed by atoms with Crippen molar-refractivity contribution in [2.24, 2.45) is 0 Å². The first-order chi connectivity index (χ1) is 10.3. The lowest BCUT2D eigenvalue weighted by atomic mass is 9.81. The standard InChI is InChI=1S/C18H28NO3/c1-19(2,3)13-14-22-17(20)16(15-9-5-4-6-10-15)18(21)11-7-8-12-18/h4-6,9-10,16,21H,7-8,11-14H2,1-3H3/q+1/t16-/m1/s1. The number of aliphatic hydroxyl groups is 1. The summed E-state index contributed by atoms with van der Waals surface area (Å²) in [4.78, 5) is 12.6. The first kappa shape index (κ1) is 17.0. The predicted molar refractivity (Wildman–Crippen MR) is 86.5 cm³/mol. The molecular formula is C18H28NO3+. The number of ether oxygens (including phenoxy) is 1. The van der Waals surface area contributed by atoms with E-state index in [4.69, 9.17) is 4.74 Å². The van der Waals surface area contributed by atoms with Crippen LogP contribution >= 0.6 is 0 Å². The summed E-state index contributed by atoms with van der Waals surface area (Å²) < 4.78 is 6.24. The maximum absolute atomic E-state index is 12.6. The largest absolute Gasteiger partial charge is 0.459 e. The third kappa shape index (κ3) is 4.31. The van der Waals surface area contributed by atoms with Gasteiger partial charge in [-0.05, 0) is 18.4 Å². The predicted octanol–water partition coefficient (Wildman–Crippen LogP) is 2.32. The minimum Gasteiger partial charge on any atom is -0.459 e. The molecular weight excluding hydrogens is 278 g/mol. The minimum atomic E-state index is -0.963. The molecule has 1 atom stereocenters. The van der Waals surface area contributed by atoms with E-state index in [9.17, 15) is 9.90 Å². The highest BCUT2D eigenvalue weighted by Gasteiger charge is 2.45. The van der Waals surface area contributed by atoms with Crippen molar-refractivity contribution in [1.82, 2.24) is 0 Å². The third-order valence-electron chi connectivity index (χ3n) is 4.38. The van der Waals surface area contributed by atoms with Gasteiger partial charge in [-0.15, -0.1) is 0 Å². The molecule has 122 valence electrons. The molecule has 0 aliphatic heterocycles. The Kier molecular flexibility index (Phi) is 5.24. The number of hydrogen-bond donors (Lipinski definition) is 1. The molecule has 1 N–H and O–H groups in total. The van der Waals surface area contributed by atoms with Crippen molar-refractivity contribution in [1.29, 1.82) is 0 Å². The lowest BCUT2D eigenvalue weighted by Gasteiger charge is -2.31. The van der Waals surface area contributed by atoms with E-state index in [1.807, 2.05) is 30.3 Å². The zero-order chi connectivity index (χ0) is 16.2. The fourth-order valence-corrected chi connectivity index (χ4v) is 3.09. The van der Waals surface area contributed by atoms with E-state index >= 15 is 0 Å². The van der Waals surface area contributed by atoms with Crippen molar-refractivity contribution in [3.63, 3.8) is 0 Å². The molecule has 4 heteroatoms. The highest BCUT2D eigenvalue weighted by Crippen LogP contribution is 2.41. The van der Waals surface area contributed by atoms with Gasteiger partial charge in [0.2, 0.25) is 0 Å². The van der Waals surface area contributed by atoms with Crippen molar-refractivity contribution < 1.29 is 19.1 Å². The van der Waals surface area contributed by atoms with Crippen LogP contribution in [0.4, 0.5) is 0 Å². The summed E-state index contributed by atoms with van der Waals surface area (Å²) in [6.45, 7) is 1.13. The molecule has 1 aromatic carbocycles. The smallest absolute Gasteiger partial charge is 0.316 e. The number of quaternary nitrogens is 1. The Morgan fingerprint density at radius 2 is 1.82 bits per heavy atom. The molecule has 2 rings (SSSR count). The third-order valence-corrected chi connectivity index (χ3v) is 4.38. The van der Waals surface area contributed by atoms with Crippen LogP contribution in [0.2, 0.25) is 0 Å². The average Bonchev–Trinajstić information content (AvgIpc) is 2.86. The Labute approximate surface area is 133 Å². The van der Waals surface area contributed by atoms with Crippen molar-refractivity contribution in [3.05, 3.63) is 35.9 Å².